The summed E-state index contributed by atoms with van der Waals surface area (Å²) < 4.78 is 11.9. The number of pyridine rings is 1. The number of anilines is 2. The minimum absolute atomic E-state index is 0.0720. The van der Waals surface area contributed by atoms with Gasteiger partial charge in [0.25, 0.3) is 0 Å². The molecule has 36 heavy (non-hydrogen) atoms. The van der Waals surface area contributed by atoms with Gasteiger partial charge in [-0.1, -0.05) is 11.8 Å². The van der Waals surface area contributed by atoms with Crippen LogP contribution in [-0.4, -0.2) is 95.2 Å². The monoisotopic (exact) mass is 513 g/mol. The lowest BCUT2D eigenvalue weighted by atomic mass is 9.73. The molecule has 1 spiro atoms. The third kappa shape index (κ3) is 3.96. The number of aromatic nitrogens is 3. The van der Waals surface area contributed by atoms with Crippen LogP contribution in [0.25, 0.3) is 0 Å². The van der Waals surface area contributed by atoms with E-state index in [1.54, 1.807) is 22.2 Å². The fourth-order valence-electron chi connectivity index (χ4n) is 5.70. The van der Waals surface area contributed by atoms with E-state index in [0.29, 0.717) is 31.3 Å². The minimum Gasteiger partial charge on any atom is -0.486 e. The molecular weight excluding hydrogens is 482 g/mol. The van der Waals surface area contributed by atoms with Crippen LogP contribution in [0.3, 0.4) is 0 Å². The first-order chi connectivity index (χ1) is 17.5. The average Bonchev–Trinajstić information content (AvgIpc) is 3.37. The molecule has 3 saturated heterocycles. The number of amides is 2. The van der Waals surface area contributed by atoms with Gasteiger partial charge in [0.05, 0.1) is 42.6 Å². The highest BCUT2D eigenvalue weighted by molar-refractivity contribution is 7.99. The summed E-state index contributed by atoms with van der Waals surface area (Å²) in [6.45, 7) is 5.70. The number of nitrogens with two attached hydrogens (primary N) is 1. The maximum absolute atomic E-state index is 12.9. The van der Waals surface area contributed by atoms with Crippen molar-refractivity contribution < 1.29 is 19.4 Å². The number of fused-ring (bicyclic) bond motifs is 3. The van der Waals surface area contributed by atoms with E-state index < -0.39 is 0 Å². The highest BCUT2D eigenvalue weighted by Crippen LogP contribution is 2.44. The van der Waals surface area contributed by atoms with Crippen molar-refractivity contribution in [2.24, 2.45) is 11.1 Å². The van der Waals surface area contributed by atoms with Gasteiger partial charge in [-0.05, 0) is 25.8 Å². The van der Waals surface area contributed by atoms with Crippen LogP contribution < -0.4 is 20.3 Å². The Morgan fingerprint density at radius 3 is 2.78 bits per heavy atom. The molecule has 3 N–H and O–H groups in total. The first-order valence-electron chi connectivity index (χ1n) is 12.4. The van der Waals surface area contributed by atoms with E-state index >= 15 is 0 Å². The molecule has 3 atom stereocenters. The Labute approximate surface area is 214 Å². The van der Waals surface area contributed by atoms with Crippen molar-refractivity contribution in [1.29, 1.82) is 0 Å². The molecule has 0 aromatic carbocycles. The van der Waals surface area contributed by atoms with Crippen LogP contribution in [0.15, 0.2) is 34.6 Å². The van der Waals surface area contributed by atoms with Crippen LogP contribution in [0.2, 0.25) is 0 Å². The molecule has 4 aliphatic heterocycles. The Hall–Kier alpha value is -2.67. The Bertz CT molecular complexity index is 1130. The number of carbonyl (C=O) groups is 1. The van der Waals surface area contributed by atoms with Crippen LogP contribution in [0.1, 0.15) is 19.8 Å². The largest absolute Gasteiger partial charge is 0.486 e. The summed E-state index contributed by atoms with van der Waals surface area (Å²) in [6, 6.07) is 1.69. The van der Waals surface area contributed by atoms with Crippen LogP contribution in [-0.2, 0) is 4.74 Å². The smallest absolute Gasteiger partial charge is 0.326 e. The molecular formula is C24H31N7O4S. The summed E-state index contributed by atoms with van der Waals surface area (Å²) in [5.74, 6) is 1.95. The lowest BCUT2D eigenvalue weighted by Gasteiger charge is -2.41. The molecule has 2 amide bonds. The molecule has 3 fully saturated rings. The highest BCUT2D eigenvalue weighted by atomic mass is 32.2. The Balaban J connectivity index is 1.14. The Morgan fingerprint density at radius 1 is 1.25 bits per heavy atom. The van der Waals surface area contributed by atoms with Gasteiger partial charge in [0.1, 0.15) is 17.5 Å². The van der Waals surface area contributed by atoms with Gasteiger partial charge in [-0.3, -0.25) is 4.90 Å². The zero-order chi connectivity index (χ0) is 24.9. The number of β-amino-alcohol motifs (C(OH)–C–C–N with tert-alkyl or cyclic N) is 1. The van der Waals surface area contributed by atoms with Crippen LogP contribution in [0, 0.1) is 5.41 Å². The van der Waals surface area contributed by atoms with Crippen molar-refractivity contribution in [2.45, 2.75) is 47.9 Å². The van der Waals surface area contributed by atoms with E-state index in [9.17, 15) is 9.90 Å². The number of ether oxygens (including phenoxy) is 2. The zero-order valence-corrected chi connectivity index (χ0v) is 21.1. The SMILES string of the molecule is C[C@@H]1OCC2(CCN(c3cnc(Sc4ccnc5c4OCC4CN(CCO)C(=O)N54)cn3)CC2)[C@@H]1N. The summed E-state index contributed by atoms with van der Waals surface area (Å²) >= 11 is 1.44. The normalized spacial score (nSPS) is 26.8. The molecule has 0 saturated carbocycles. The molecule has 2 aromatic heterocycles. The summed E-state index contributed by atoms with van der Waals surface area (Å²) in [5, 5.41) is 10.0. The van der Waals surface area contributed by atoms with Crippen molar-refractivity contribution in [3.63, 3.8) is 0 Å². The van der Waals surface area contributed by atoms with Crippen molar-refractivity contribution >= 4 is 29.4 Å². The second kappa shape index (κ2) is 9.33. The Kier molecular flexibility index (Phi) is 6.14. The number of hydrogen-bond donors (Lipinski definition) is 2. The number of carbonyl (C=O) groups excluding carboxylic acids is 1. The number of aliphatic hydroxyl groups excluding tert-OH is 1. The van der Waals surface area contributed by atoms with E-state index in [1.807, 2.05) is 12.3 Å². The molecule has 4 aliphatic rings. The van der Waals surface area contributed by atoms with Crippen molar-refractivity contribution in [1.82, 2.24) is 19.9 Å². The fourth-order valence-corrected chi connectivity index (χ4v) is 6.51. The molecule has 12 heteroatoms. The van der Waals surface area contributed by atoms with Crippen LogP contribution in [0.4, 0.5) is 16.4 Å². The maximum Gasteiger partial charge on any atom is 0.326 e. The van der Waals surface area contributed by atoms with Crippen molar-refractivity contribution in [2.75, 3.05) is 55.8 Å². The van der Waals surface area contributed by atoms with Crippen LogP contribution in [0.5, 0.6) is 5.75 Å². The van der Waals surface area contributed by atoms with Gasteiger partial charge in [0, 0.05) is 43.8 Å². The third-order valence-electron chi connectivity index (χ3n) is 7.90. The van der Waals surface area contributed by atoms with Gasteiger partial charge in [-0.15, -0.1) is 0 Å². The molecule has 192 valence electrons. The average molecular weight is 514 g/mol. The second-order valence-corrected chi connectivity index (χ2v) is 11.0. The van der Waals surface area contributed by atoms with Gasteiger partial charge in [0.15, 0.2) is 11.6 Å². The molecule has 1 unspecified atom stereocenters. The second-order valence-electron chi connectivity index (χ2n) is 9.96. The molecule has 0 aliphatic carbocycles. The van der Waals surface area contributed by atoms with Crippen LogP contribution >= 0.6 is 11.8 Å². The number of aliphatic hydroxyl groups is 1. The first-order valence-corrected chi connectivity index (χ1v) is 13.2. The van der Waals surface area contributed by atoms with Crippen molar-refractivity contribution in [3.05, 3.63) is 24.7 Å². The molecule has 2 aromatic rings. The predicted molar refractivity (Wildman–Crippen MR) is 133 cm³/mol. The van der Waals surface area contributed by atoms with Gasteiger partial charge < -0.3 is 30.1 Å². The fraction of sp³-hybridized carbons (Fsp3) is 0.583. The summed E-state index contributed by atoms with van der Waals surface area (Å²) in [4.78, 5) is 33.0. The minimum atomic E-state index is -0.153. The summed E-state index contributed by atoms with van der Waals surface area (Å²) in [7, 11) is 0. The first kappa shape index (κ1) is 23.7. The van der Waals surface area contributed by atoms with E-state index in [1.165, 1.54) is 11.8 Å². The highest BCUT2D eigenvalue weighted by Gasteiger charge is 2.48. The predicted octanol–water partition coefficient (Wildman–Crippen LogP) is 1.35. The van der Waals surface area contributed by atoms with E-state index in [4.69, 9.17) is 15.2 Å². The molecule has 6 rings (SSSR count). The lowest BCUT2D eigenvalue weighted by molar-refractivity contribution is 0.0974. The number of rotatable bonds is 5. The van der Waals surface area contributed by atoms with Crippen molar-refractivity contribution in [3.8, 4) is 5.75 Å². The van der Waals surface area contributed by atoms with E-state index in [-0.39, 0.29) is 36.2 Å². The molecule has 0 radical (unpaired) electrons. The quantitative estimate of drug-likeness (QED) is 0.604. The standard InChI is InChI=1S/C24H31N7O4S/c1-15-21(25)24(14-35-15)3-6-29(7-4-24)18-10-28-19(11-27-18)36-17-2-5-26-22-20(17)34-13-16-12-30(8-9-32)23(33)31(16)22/h2,5,10-11,15-16,21,32H,3-4,6-9,12-14,25H2,1H3/t15-,16?,21+/m0/s1. The van der Waals surface area contributed by atoms with E-state index in [0.717, 1.165) is 48.3 Å². The number of hydrogen-bond acceptors (Lipinski definition) is 10. The molecule has 6 heterocycles. The number of urea groups is 1. The van der Waals surface area contributed by atoms with Gasteiger partial charge in [-0.25, -0.2) is 19.7 Å². The van der Waals surface area contributed by atoms with Gasteiger partial charge >= 0.3 is 6.03 Å². The third-order valence-corrected chi connectivity index (χ3v) is 8.86. The summed E-state index contributed by atoms with van der Waals surface area (Å²) in [5.41, 5.74) is 6.52. The maximum atomic E-state index is 12.9. The van der Waals surface area contributed by atoms with Gasteiger partial charge in [-0.2, -0.15) is 0 Å². The summed E-state index contributed by atoms with van der Waals surface area (Å²) in [6.07, 6.45) is 7.36. The number of nitrogens with zero attached hydrogens (tertiary/aromatic N) is 6. The topological polar surface area (TPSA) is 130 Å². The molecule has 0 bridgehead atoms. The lowest BCUT2D eigenvalue weighted by Crippen LogP contribution is -2.50. The number of piperidine rings is 1. The molecule has 11 nitrogen and oxygen atoms in total. The van der Waals surface area contributed by atoms with E-state index in [2.05, 4.69) is 26.8 Å². The zero-order valence-electron chi connectivity index (χ0n) is 20.2. The Morgan fingerprint density at radius 2 is 2.08 bits per heavy atom. The van der Waals surface area contributed by atoms with Gasteiger partial charge in [0.2, 0.25) is 0 Å².